The fourth-order valence-electron chi connectivity index (χ4n) is 4.86. The molecule has 2 bridgehead atoms. The maximum Gasteiger partial charge on any atom is 0.261 e. The van der Waals surface area contributed by atoms with E-state index in [1.807, 2.05) is 24.0 Å². The smallest absolute Gasteiger partial charge is 0.261 e. The minimum absolute atomic E-state index is 0.0296. The molecule has 3 heterocycles. The molecule has 4 aliphatic rings. The van der Waals surface area contributed by atoms with Crippen LogP contribution in [-0.2, 0) is 9.53 Å². The fraction of sp³-hybridized carbons (Fsp3) is 0.650. The highest BCUT2D eigenvalue weighted by atomic mass is 28.1. The number of amides is 1. The van der Waals surface area contributed by atoms with E-state index in [0.717, 1.165) is 31.4 Å². The summed E-state index contributed by atoms with van der Waals surface area (Å²) >= 11 is 0. The molecule has 139 valence electrons. The number of rotatable bonds is 0. The van der Waals surface area contributed by atoms with Crippen molar-refractivity contribution in [2.75, 3.05) is 13.2 Å². The zero-order chi connectivity index (χ0) is 18.3. The average Bonchev–Trinajstić information content (AvgIpc) is 2.86. The summed E-state index contributed by atoms with van der Waals surface area (Å²) in [7, 11) is 3.71. The lowest BCUT2D eigenvalue weighted by Gasteiger charge is -2.35. The van der Waals surface area contributed by atoms with Crippen molar-refractivity contribution < 1.29 is 14.3 Å². The molecule has 1 aromatic carbocycles. The molecular weight excluding hydrogens is 344 g/mol. The zero-order valence-electron chi connectivity index (χ0n) is 15.3. The van der Waals surface area contributed by atoms with Crippen LogP contribution in [0.15, 0.2) is 24.3 Å². The fourth-order valence-corrected chi connectivity index (χ4v) is 5.38. The van der Waals surface area contributed by atoms with Gasteiger partial charge in [-0.25, -0.2) is 0 Å². The standard InChI is InChI=1S/C20H27N2O3Si/c1-13-10-20(21,26)18-11-24-15-8-6-14(7-9-15)16-4-2-3-5-17(16)25-12-19(23)22(13)18/h2-5,13-15,18H,6-12,21H2,1H3/t13-,14?,15?,18+,20-/m1/s1. The Morgan fingerprint density at radius 1 is 1.23 bits per heavy atom. The molecule has 0 aromatic heterocycles. The maximum absolute atomic E-state index is 13.0. The van der Waals surface area contributed by atoms with E-state index in [-0.39, 0.29) is 30.7 Å². The van der Waals surface area contributed by atoms with Gasteiger partial charge in [-0.05, 0) is 56.6 Å². The second-order valence-corrected chi connectivity index (χ2v) is 8.97. The Morgan fingerprint density at radius 2 is 1.96 bits per heavy atom. The molecule has 2 N–H and O–H groups in total. The highest BCUT2D eigenvalue weighted by Crippen LogP contribution is 2.39. The van der Waals surface area contributed by atoms with Gasteiger partial charge >= 0.3 is 0 Å². The molecule has 1 aliphatic carbocycles. The second kappa shape index (κ2) is 6.98. The summed E-state index contributed by atoms with van der Waals surface area (Å²) in [6, 6.07) is 8.01. The minimum atomic E-state index is -0.621. The topological polar surface area (TPSA) is 64.8 Å². The first-order valence-corrected chi connectivity index (χ1v) is 10.1. The highest BCUT2D eigenvalue weighted by Gasteiger charge is 2.48. The quantitative estimate of drug-likeness (QED) is 0.708. The van der Waals surface area contributed by atoms with E-state index in [4.69, 9.17) is 15.2 Å². The van der Waals surface area contributed by atoms with E-state index >= 15 is 0 Å². The van der Waals surface area contributed by atoms with Crippen LogP contribution < -0.4 is 10.5 Å². The summed E-state index contributed by atoms with van der Waals surface area (Å²) in [4.78, 5) is 14.8. The van der Waals surface area contributed by atoms with Gasteiger partial charge in [-0.1, -0.05) is 18.2 Å². The van der Waals surface area contributed by atoms with E-state index < -0.39 is 5.16 Å². The molecule has 3 atom stereocenters. The molecule has 3 radical (unpaired) electrons. The average molecular weight is 372 g/mol. The third-order valence-corrected chi connectivity index (χ3v) is 6.74. The van der Waals surface area contributed by atoms with Gasteiger partial charge < -0.3 is 20.1 Å². The first kappa shape index (κ1) is 18.0. The van der Waals surface area contributed by atoms with E-state index in [1.54, 1.807) is 0 Å². The summed E-state index contributed by atoms with van der Waals surface area (Å²) in [5.74, 6) is 1.29. The third-order valence-electron chi connectivity index (χ3n) is 6.20. The largest absolute Gasteiger partial charge is 0.483 e. The van der Waals surface area contributed by atoms with Crippen molar-refractivity contribution in [2.24, 2.45) is 5.73 Å². The predicted molar refractivity (Wildman–Crippen MR) is 100 cm³/mol. The van der Waals surface area contributed by atoms with Crippen LogP contribution in [-0.4, -0.2) is 57.6 Å². The molecule has 1 saturated carbocycles. The zero-order valence-corrected chi connectivity index (χ0v) is 16.3. The highest BCUT2D eigenvalue weighted by molar-refractivity contribution is 6.16. The number of para-hydroxylation sites is 1. The van der Waals surface area contributed by atoms with Crippen molar-refractivity contribution in [3.05, 3.63) is 29.8 Å². The number of hydrogen-bond donors (Lipinski definition) is 1. The van der Waals surface area contributed by atoms with Crippen molar-refractivity contribution in [3.63, 3.8) is 0 Å². The molecule has 1 saturated heterocycles. The Morgan fingerprint density at radius 3 is 2.73 bits per heavy atom. The van der Waals surface area contributed by atoms with Crippen molar-refractivity contribution in [1.29, 1.82) is 0 Å². The Hall–Kier alpha value is -1.37. The van der Waals surface area contributed by atoms with Crippen LogP contribution in [0.5, 0.6) is 5.75 Å². The molecule has 6 heteroatoms. The number of fused-ring (bicyclic) bond motifs is 5. The lowest BCUT2D eigenvalue weighted by atomic mass is 9.82. The van der Waals surface area contributed by atoms with Crippen LogP contribution in [0.3, 0.4) is 0 Å². The second-order valence-electron chi connectivity index (χ2n) is 8.04. The van der Waals surface area contributed by atoms with Crippen LogP contribution in [0.4, 0.5) is 0 Å². The van der Waals surface area contributed by atoms with Gasteiger partial charge in [0, 0.05) is 11.2 Å². The molecular formula is C20H27N2O3Si. The SMILES string of the molecule is C[C@@H]1C[C@@](N)([Si])[C@@H]2COC3CCC(CC3)c3ccccc3OCC(=O)N12. The number of benzene rings is 1. The van der Waals surface area contributed by atoms with Gasteiger partial charge in [-0.15, -0.1) is 0 Å². The van der Waals surface area contributed by atoms with E-state index in [9.17, 15) is 4.79 Å². The number of nitrogens with zero attached hydrogens (tertiary/aromatic N) is 1. The number of carbonyl (C=O) groups is 1. The predicted octanol–water partition coefficient (Wildman–Crippen LogP) is 1.93. The summed E-state index contributed by atoms with van der Waals surface area (Å²) in [5, 5.41) is -0.621. The summed E-state index contributed by atoms with van der Waals surface area (Å²) in [5.41, 5.74) is 7.69. The summed E-state index contributed by atoms with van der Waals surface area (Å²) in [6.07, 6.45) is 5.20. The van der Waals surface area contributed by atoms with E-state index in [1.165, 1.54) is 5.56 Å². The Labute approximate surface area is 158 Å². The molecule has 5 rings (SSSR count). The van der Waals surface area contributed by atoms with E-state index in [0.29, 0.717) is 18.9 Å². The van der Waals surface area contributed by atoms with Gasteiger partial charge in [-0.2, -0.15) is 0 Å². The normalized spacial score (nSPS) is 37.8. The molecule has 2 fully saturated rings. The van der Waals surface area contributed by atoms with Crippen molar-refractivity contribution in [2.45, 2.75) is 68.3 Å². The number of carbonyl (C=O) groups excluding carboxylic acids is 1. The number of nitrogens with two attached hydrogens (primary N) is 1. The van der Waals surface area contributed by atoms with Crippen LogP contribution in [0.2, 0.25) is 0 Å². The van der Waals surface area contributed by atoms with Crippen molar-refractivity contribution >= 4 is 16.1 Å². The lowest BCUT2D eigenvalue weighted by molar-refractivity contribution is -0.138. The molecule has 0 spiro atoms. The van der Waals surface area contributed by atoms with E-state index in [2.05, 4.69) is 22.4 Å². The molecule has 3 aliphatic heterocycles. The Bertz CT molecular complexity index is 673. The molecule has 1 amide bonds. The van der Waals surface area contributed by atoms with Crippen LogP contribution in [0, 0.1) is 0 Å². The first-order valence-electron chi connectivity index (χ1n) is 9.64. The van der Waals surface area contributed by atoms with Crippen LogP contribution in [0.1, 0.15) is 50.5 Å². The number of ether oxygens (including phenoxy) is 2. The van der Waals surface area contributed by atoms with Gasteiger partial charge in [0.15, 0.2) is 6.61 Å². The maximum atomic E-state index is 13.0. The lowest BCUT2D eigenvalue weighted by Crippen LogP contribution is -2.56. The van der Waals surface area contributed by atoms with Gasteiger partial charge in [-0.3, -0.25) is 4.79 Å². The molecule has 26 heavy (non-hydrogen) atoms. The Balaban J connectivity index is 1.65. The van der Waals surface area contributed by atoms with Gasteiger partial charge in [0.05, 0.1) is 29.0 Å². The molecule has 1 aromatic rings. The van der Waals surface area contributed by atoms with Crippen molar-refractivity contribution in [1.82, 2.24) is 4.90 Å². The van der Waals surface area contributed by atoms with Gasteiger partial charge in [0.2, 0.25) is 0 Å². The monoisotopic (exact) mass is 371 g/mol. The van der Waals surface area contributed by atoms with Gasteiger partial charge in [0.25, 0.3) is 5.91 Å². The van der Waals surface area contributed by atoms with Crippen LogP contribution >= 0.6 is 0 Å². The minimum Gasteiger partial charge on any atom is -0.483 e. The van der Waals surface area contributed by atoms with Crippen molar-refractivity contribution in [3.8, 4) is 5.75 Å². The number of hydrogen-bond acceptors (Lipinski definition) is 4. The molecule has 5 nitrogen and oxygen atoms in total. The summed E-state index contributed by atoms with van der Waals surface area (Å²) in [6.45, 7) is 2.55. The Kier molecular flexibility index (Phi) is 4.84. The third kappa shape index (κ3) is 3.30. The molecule has 0 unspecified atom stereocenters. The van der Waals surface area contributed by atoms with Crippen LogP contribution in [0.25, 0.3) is 0 Å². The summed E-state index contributed by atoms with van der Waals surface area (Å²) < 4.78 is 12.2. The van der Waals surface area contributed by atoms with Gasteiger partial charge in [0.1, 0.15) is 5.75 Å². The first-order chi connectivity index (χ1) is 12.5.